The lowest BCUT2D eigenvalue weighted by molar-refractivity contribution is 0.0998. The van der Waals surface area contributed by atoms with Crippen molar-refractivity contribution in [2.24, 2.45) is 21.5 Å². The molecule has 0 radical (unpaired) electrons. The average molecular weight is 416 g/mol. The molecule has 1 aliphatic carbocycles. The number of carbonyl (C=O) groups excluding carboxylic acids is 1. The smallest absolute Gasteiger partial charge is 0.291 e. The summed E-state index contributed by atoms with van der Waals surface area (Å²) in [5.74, 6) is 0.534. The first kappa shape index (κ1) is 19.2. The number of carbonyl (C=O) groups is 1. The van der Waals surface area contributed by atoms with Gasteiger partial charge in [-0.3, -0.25) is 9.69 Å². The summed E-state index contributed by atoms with van der Waals surface area (Å²) in [6, 6.07) is 16.7. The molecule has 5 rings (SSSR count). The van der Waals surface area contributed by atoms with Crippen molar-refractivity contribution in [2.75, 3.05) is 10.2 Å². The maximum atomic E-state index is 12.6. The molecule has 2 aliphatic rings. The topological polar surface area (TPSA) is 122 Å². The maximum absolute atomic E-state index is 12.6. The molecule has 158 valence electrons. The number of hydrogen-bond acceptors (Lipinski definition) is 7. The summed E-state index contributed by atoms with van der Waals surface area (Å²) in [6.07, 6.45) is 5.04. The van der Waals surface area contributed by atoms with Crippen LogP contribution in [0.2, 0.25) is 0 Å². The van der Waals surface area contributed by atoms with Crippen LogP contribution >= 0.6 is 0 Å². The van der Waals surface area contributed by atoms with Gasteiger partial charge in [0, 0.05) is 16.8 Å². The van der Waals surface area contributed by atoms with Gasteiger partial charge >= 0.3 is 0 Å². The SMILES string of the molecule is NC1=NC2(CCCCC2)N(c2ccc(NC(=O)c3cc4ccccc4o3)cc2)C(N)=N1. The second-order valence-electron chi connectivity index (χ2n) is 7.97. The maximum Gasteiger partial charge on any atom is 0.291 e. The van der Waals surface area contributed by atoms with Gasteiger partial charge in [0.15, 0.2) is 5.76 Å². The number of aliphatic imine (C=N–C) groups is 2. The van der Waals surface area contributed by atoms with Crippen molar-refractivity contribution in [1.82, 2.24) is 0 Å². The standard InChI is InChI=1S/C23H24N6O2/c24-21-27-22(25)29(23(28-21)12-4-1-5-13-23)17-10-8-16(9-11-17)26-20(30)19-14-15-6-2-3-7-18(15)31-19/h2-3,6-11,14H,1,4-5,12-13H2,(H,26,30)(H4,24,25,27,28). The van der Waals surface area contributed by atoms with Gasteiger partial charge in [-0.1, -0.05) is 24.6 Å². The van der Waals surface area contributed by atoms with Gasteiger partial charge in [-0.25, -0.2) is 4.99 Å². The molecule has 2 aromatic carbocycles. The number of furan rings is 1. The van der Waals surface area contributed by atoms with Crippen LogP contribution in [-0.4, -0.2) is 23.5 Å². The number of hydrogen-bond donors (Lipinski definition) is 3. The van der Waals surface area contributed by atoms with Crippen LogP contribution in [0.4, 0.5) is 11.4 Å². The number of guanidine groups is 2. The first-order valence-electron chi connectivity index (χ1n) is 10.4. The normalized spacial score (nSPS) is 18.0. The zero-order chi connectivity index (χ0) is 21.4. The molecule has 8 nitrogen and oxygen atoms in total. The molecule has 1 saturated carbocycles. The van der Waals surface area contributed by atoms with Gasteiger partial charge in [0.1, 0.15) is 11.2 Å². The highest BCUT2D eigenvalue weighted by Crippen LogP contribution is 2.39. The van der Waals surface area contributed by atoms with Crippen molar-refractivity contribution in [3.8, 4) is 0 Å². The zero-order valence-electron chi connectivity index (χ0n) is 17.0. The van der Waals surface area contributed by atoms with Crippen molar-refractivity contribution in [2.45, 2.75) is 37.8 Å². The van der Waals surface area contributed by atoms with E-state index >= 15 is 0 Å². The second-order valence-corrected chi connectivity index (χ2v) is 7.97. The molecule has 2 heterocycles. The molecule has 1 spiro atoms. The van der Waals surface area contributed by atoms with E-state index in [-0.39, 0.29) is 17.6 Å². The first-order chi connectivity index (χ1) is 15.0. The molecule has 0 unspecified atom stereocenters. The summed E-state index contributed by atoms with van der Waals surface area (Å²) < 4.78 is 5.64. The van der Waals surface area contributed by atoms with E-state index in [0.717, 1.165) is 36.8 Å². The average Bonchev–Trinajstić information content (AvgIpc) is 3.19. The van der Waals surface area contributed by atoms with Gasteiger partial charge in [0.05, 0.1) is 0 Å². The second kappa shape index (κ2) is 7.46. The Hall–Kier alpha value is -3.81. The van der Waals surface area contributed by atoms with Crippen LogP contribution < -0.4 is 21.7 Å². The Morgan fingerprint density at radius 3 is 2.52 bits per heavy atom. The fourth-order valence-corrected chi connectivity index (χ4v) is 4.48. The fourth-order valence-electron chi connectivity index (χ4n) is 4.48. The molecular formula is C23H24N6O2. The lowest BCUT2D eigenvalue weighted by Gasteiger charge is -2.45. The van der Waals surface area contributed by atoms with E-state index in [1.807, 2.05) is 53.4 Å². The number of amides is 1. The monoisotopic (exact) mass is 416 g/mol. The third-order valence-corrected chi connectivity index (χ3v) is 5.88. The van der Waals surface area contributed by atoms with E-state index < -0.39 is 5.66 Å². The molecular weight excluding hydrogens is 392 g/mol. The predicted octanol–water partition coefficient (Wildman–Crippen LogP) is 3.79. The zero-order valence-corrected chi connectivity index (χ0v) is 17.0. The quantitative estimate of drug-likeness (QED) is 0.599. The first-order valence-corrected chi connectivity index (χ1v) is 10.4. The van der Waals surface area contributed by atoms with Gasteiger partial charge in [-0.15, -0.1) is 0 Å². The Labute approximate surface area is 179 Å². The van der Waals surface area contributed by atoms with Gasteiger partial charge in [0.25, 0.3) is 5.91 Å². The van der Waals surface area contributed by atoms with Crippen molar-refractivity contribution in [3.05, 3.63) is 60.4 Å². The third kappa shape index (κ3) is 3.50. The highest BCUT2D eigenvalue weighted by atomic mass is 16.3. The molecule has 1 aliphatic heterocycles. The third-order valence-electron chi connectivity index (χ3n) is 5.88. The van der Waals surface area contributed by atoms with E-state index in [1.165, 1.54) is 6.42 Å². The number of rotatable bonds is 3. The number of para-hydroxylation sites is 1. The van der Waals surface area contributed by atoms with Crippen LogP contribution in [0.25, 0.3) is 11.0 Å². The fraction of sp³-hybridized carbons (Fsp3) is 0.261. The molecule has 3 aromatic rings. The minimum atomic E-state index is -0.493. The molecule has 1 fully saturated rings. The summed E-state index contributed by atoms with van der Waals surface area (Å²) in [6.45, 7) is 0. The van der Waals surface area contributed by atoms with Crippen LogP contribution in [0.15, 0.2) is 69.0 Å². The van der Waals surface area contributed by atoms with Gasteiger partial charge in [0.2, 0.25) is 11.9 Å². The van der Waals surface area contributed by atoms with Crippen molar-refractivity contribution in [3.63, 3.8) is 0 Å². The lowest BCUT2D eigenvalue weighted by atomic mass is 9.87. The summed E-state index contributed by atoms with van der Waals surface area (Å²) in [5, 5.41) is 3.77. The Bertz CT molecular complexity index is 1160. The molecule has 8 heteroatoms. The van der Waals surface area contributed by atoms with Crippen molar-refractivity contribution in [1.29, 1.82) is 0 Å². The van der Waals surface area contributed by atoms with Crippen molar-refractivity contribution >= 4 is 40.2 Å². The number of benzene rings is 2. The number of fused-ring (bicyclic) bond motifs is 1. The largest absolute Gasteiger partial charge is 0.451 e. The number of nitrogens with zero attached hydrogens (tertiary/aromatic N) is 3. The number of anilines is 2. The Morgan fingerprint density at radius 2 is 1.77 bits per heavy atom. The number of nitrogens with two attached hydrogens (primary N) is 2. The van der Waals surface area contributed by atoms with Crippen molar-refractivity contribution < 1.29 is 9.21 Å². The van der Waals surface area contributed by atoms with E-state index in [4.69, 9.17) is 15.9 Å². The van der Waals surface area contributed by atoms with Gasteiger partial charge < -0.3 is 21.2 Å². The van der Waals surface area contributed by atoms with E-state index in [9.17, 15) is 4.79 Å². The van der Waals surface area contributed by atoms with E-state index in [0.29, 0.717) is 17.2 Å². The Balaban J connectivity index is 1.38. The van der Waals surface area contributed by atoms with E-state index in [2.05, 4.69) is 15.3 Å². The Morgan fingerprint density at radius 1 is 1.03 bits per heavy atom. The summed E-state index contributed by atoms with van der Waals surface area (Å²) in [4.78, 5) is 23.5. The van der Waals surface area contributed by atoms with Crippen LogP contribution in [0.3, 0.4) is 0 Å². The molecule has 31 heavy (non-hydrogen) atoms. The summed E-state index contributed by atoms with van der Waals surface area (Å²) >= 11 is 0. The van der Waals surface area contributed by atoms with Gasteiger partial charge in [-0.05, 0) is 62.1 Å². The molecule has 0 saturated heterocycles. The molecule has 0 atom stereocenters. The van der Waals surface area contributed by atoms with Crippen LogP contribution in [0.5, 0.6) is 0 Å². The van der Waals surface area contributed by atoms with Crippen LogP contribution in [-0.2, 0) is 0 Å². The predicted molar refractivity (Wildman–Crippen MR) is 122 cm³/mol. The summed E-state index contributed by atoms with van der Waals surface area (Å²) in [5.41, 5.74) is 13.9. The van der Waals surface area contributed by atoms with Crippen LogP contribution in [0, 0.1) is 0 Å². The highest BCUT2D eigenvalue weighted by molar-refractivity contribution is 6.06. The minimum Gasteiger partial charge on any atom is -0.451 e. The summed E-state index contributed by atoms with van der Waals surface area (Å²) in [7, 11) is 0. The van der Waals surface area contributed by atoms with Gasteiger partial charge in [-0.2, -0.15) is 4.99 Å². The molecule has 1 amide bonds. The minimum absolute atomic E-state index is 0.227. The molecule has 0 bridgehead atoms. The highest BCUT2D eigenvalue weighted by Gasteiger charge is 2.42. The Kier molecular flexibility index (Phi) is 4.62. The molecule has 1 aromatic heterocycles. The molecule has 5 N–H and O–H groups in total. The van der Waals surface area contributed by atoms with E-state index in [1.54, 1.807) is 6.07 Å². The lowest BCUT2D eigenvalue weighted by Crippen LogP contribution is -2.58. The van der Waals surface area contributed by atoms with Crippen LogP contribution in [0.1, 0.15) is 42.7 Å². The number of nitrogens with one attached hydrogen (secondary N) is 1.